The average molecular weight is 431 g/mol. The van der Waals surface area contributed by atoms with E-state index in [1.54, 1.807) is 6.08 Å². The van der Waals surface area contributed by atoms with Crippen LogP contribution >= 0.6 is 0 Å². The molecule has 1 N–H and O–H groups in total. The Hall–Kier alpha value is -3.78. The van der Waals surface area contributed by atoms with Gasteiger partial charge in [0.2, 0.25) is 11.6 Å². The van der Waals surface area contributed by atoms with Gasteiger partial charge >= 0.3 is 5.69 Å². The van der Waals surface area contributed by atoms with Gasteiger partial charge in [-0.3, -0.25) is 15.0 Å². The Bertz CT molecular complexity index is 1010. The fourth-order valence-electron chi connectivity index (χ4n) is 4.14. The molecule has 0 radical (unpaired) electrons. The Labute approximate surface area is 187 Å². The minimum atomic E-state index is -0.413. The van der Waals surface area contributed by atoms with Crippen LogP contribution in [-0.4, -0.2) is 52.5 Å². The number of nitrogens with one attached hydrogen (secondary N) is 1. The van der Waals surface area contributed by atoms with E-state index in [1.807, 2.05) is 17.0 Å². The van der Waals surface area contributed by atoms with Crippen molar-refractivity contribution in [3.63, 3.8) is 0 Å². The highest BCUT2D eigenvalue weighted by Gasteiger charge is 2.31. The smallest absolute Gasteiger partial charge is 0.353 e. The van der Waals surface area contributed by atoms with Gasteiger partial charge in [-0.2, -0.15) is 0 Å². The fourth-order valence-corrected chi connectivity index (χ4v) is 4.14. The zero-order chi connectivity index (χ0) is 22.3. The summed E-state index contributed by atoms with van der Waals surface area (Å²) in [5, 5.41) is 14.8. The molecule has 0 aliphatic carbocycles. The first kappa shape index (κ1) is 21.5. The summed E-state index contributed by atoms with van der Waals surface area (Å²) in [4.78, 5) is 24.1. The summed E-state index contributed by atoms with van der Waals surface area (Å²) in [6.07, 6.45) is 3.01. The predicted molar refractivity (Wildman–Crippen MR) is 126 cm³/mol. The third kappa shape index (κ3) is 4.60. The molecule has 0 bridgehead atoms. The van der Waals surface area contributed by atoms with Gasteiger partial charge in [0, 0.05) is 32.7 Å². The number of hydrogen-bond donors (Lipinski definition) is 1. The molecule has 8 heteroatoms. The van der Waals surface area contributed by atoms with Crippen molar-refractivity contribution in [3.8, 4) is 0 Å². The van der Waals surface area contributed by atoms with E-state index in [4.69, 9.17) is 0 Å². The summed E-state index contributed by atoms with van der Waals surface area (Å²) in [6.45, 7) is 6.81. The Morgan fingerprint density at radius 2 is 1.59 bits per heavy atom. The number of hydrogen-bond acceptors (Lipinski definition) is 7. The van der Waals surface area contributed by atoms with Crippen molar-refractivity contribution in [1.82, 2.24) is 14.9 Å². The quantitative estimate of drug-likeness (QED) is 0.329. The van der Waals surface area contributed by atoms with Crippen LogP contribution in [0.1, 0.15) is 17.2 Å². The molecule has 1 saturated heterocycles. The van der Waals surface area contributed by atoms with E-state index in [0.717, 1.165) is 13.1 Å². The molecule has 1 aromatic heterocycles. The van der Waals surface area contributed by atoms with Crippen LogP contribution in [-0.2, 0) is 0 Å². The van der Waals surface area contributed by atoms with Crippen LogP contribution in [0.25, 0.3) is 0 Å². The van der Waals surface area contributed by atoms with Gasteiger partial charge in [0.1, 0.15) is 6.33 Å². The Kier molecular flexibility index (Phi) is 6.72. The lowest BCUT2D eigenvalue weighted by atomic mass is 9.96. The number of nitro groups is 1. The van der Waals surface area contributed by atoms with Gasteiger partial charge in [0.05, 0.1) is 11.0 Å². The molecular weight excluding hydrogens is 404 g/mol. The third-order valence-electron chi connectivity index (χ3n) is 5.61. The first-order valence-electron chi connectivity index (χ1n) is 10.6. The van der Waals surface area contributed by atoms with Crippen molar-refractivity contribution in [2.24, 2.45) is 0 Å². The molecule has 0 saturated carbocycles. The van der Waals surface area contributed by atoms with Gasteiger partial charge in [-0.15, -0.1) is 6.58 Å². The molecule has 0 spiro atoms. The van der Waals surface area contributed by atoms with Crippen LogP contribution in [0, 0.1) is 10.1 Å². The van der Waals surface area contributed by atoms with E-state index in [-0.39, 0.29) is 17.5 Å². The monoisotopic (exact) mass is 430 g/mol. The van der Waals surface area contributed by atoms with Crippen molar-refractivity contribution >= 4 is 17.3 Å². The molecule has 0 atom stereocenters. The summed E-state index contributed by atoms with van der Waals surface area (Å²) in [7, 11) is 0. The highest BCUT2D eigenvalue weighted by molar-refractivity contribution is 5.70. The molecule has 3 aromatic rings. The Balaban J connectivity index is 1.57. The maximum atomic E-state index is 11.8. The molecule has 32 heavy (non-hydrogen) atoms. The number of benzene rings is 2. The zero-order valence-electron chi connectivity index (χ0n) is 17.8. The summed E-state index contributed by atoms with van der Waals surface area (Å²) < 4.78 is 0. The molecule has 1 fully saturated rings. The number of piperazine rings is 1. The highest BCUT2D eigenvalue weighted by Crippen LogP contribution is 2.34. The molecule has 4 rings (SSSR count). The SMILES string of the molecule is C=CCNc1ncnc(N2CCN(C(c3ccccc3)c3ccccc3)CC2)c1[N+](=O)[O-]. The minimum absolute atomic E-state index is 0.0922. The number of rotatable bonds is 8. The van der Waals surface area contributed by atoms with E-state index in [1.165, 1.54) is 17.5 Å². The van der Waals surface area contributed by atoms with Crippen molar-refractivity contribution < 1.29 is 4.92 Å². The fraction of sp³-hybridized carbons (Fsp3) is 0.250. The minimum Gasteiger partial charge on any atom is -0.361 e. The molecular formula is C24H26N6O2. The van der Waals surface area contributed by atoms with Gasteiger partial charge < -0.3 is 10.2 Å². The highest BCUT2D eigenvalue weighted by atomic mass is 16.6. The van der Waals surface area contributed by atoms with E-state index in [2.05, 4.69) is 75.3 Å². The van der Waals surface area contributed by atoms with Crippen molar-refractivity contribution in [2.75, 3.05) is 42.9 Å². The van der Waals surface area contributed by atoms with Crippen LogP contribution in [0.4, 0.5) is 17.3 Å². The molecule has 0 amide bonds. The Morgan fingerprint density at radius 3 is 2.12 bits per heavy atom. The second-order valence-corrected chi connectivity index (χ2v) is 7.57. The van der Waals surface area contributed by atoms with Crippen LogP contribution < -0.4 is 10.2 Å². The summed E-state index contributed by atoms with van der Waals surface area (Å²) in [5.41, 5.74) is 2.37. The van der Waals surface area contributed by atoms with E-state index in [9.17, 15) is 10.1 Å². The van der Waals surface area contributed by atoms with Gasteiger partial charge in [0.15, 0.2) is 0 Å². The van der Waals surface area contributed by atoms with E-state index >= 15 is 0 Å². The third-order valence-corrected chi connectivity index (χ3v) is 5.61. The maximum Gasteiger partial charge on any atom is 0.353 e. The first-order chi connectivity index (χ1) is 15.7. The van der Waals surface area contributed by atoms with Gasteiger partial charge in [0.25, 0.3) is 0 Å². The van der Waals surface area contributed by atoms with Crippen molar-refractivity contribution in [2.45, 2.75) is 6.04 Å². The molecule has 0 unspecified atom stereocenters. The van der Waals surface area contributed by atoms with Crippen LogP contribution in [0.5, 0.6) is 0 Å². The zero-order valence-corrected chi connectivity index (χ0v) is 17.8. The summed E-state index contributed by atoms with van der Waals surface area (Å²) in [6, 6.07) is 21.0. The van der Waals surface area contributed by atoms with E-state index in [0.29, 0.717) is 25.5 Å². The predicted octanol–water partition coefficient (Wildman–Crippen LogP) is 3.89. The first-order valence-corrected chi connectivity index (χ1v) is 10.6. The number of anilines is 2. The van der Waals surface area contributed by atoms with Crippen LogP contribution in [0.15, 0.2) is 79.6 Å². The molecule has 2 heterocycles. The second kappa shape index (κ2) is 10.0. The van der Waals surface area contributed by atoms with Crippen molar-refractivity contribution in [3.05, 3.63) is 101 Å². The largest absolute Gasteiger partial charge is 0.361 e. The van der Waals surface area contributed by atoms with Crippen LogP contribution in [0.2, 0.25) is 0 Å². The summed E-state index contributed by atoms with van der Waals surface area (Å²) in [5.74, 6) is 0.570. The van der Waals surface area contributed by atoms with Gasteiger partial charge in [-0.1, -0.05) is 66.7 Å². The van der Waals surface area contributed by atoms with E-state index < -0.39 is 4.92 Å². The maximum absolute atomic E-state index is 11.8. The molecule has 1 aliphatic rings. The average Bonchev–Trinajstić information content (AvgIpc) is 2.84. The van der Waals surface area contributed by atoms with Gasteiger partial charge in [-0.05, 0) is 11.1 Å². The molecule has 1 aliphatic heterocycles. The normalized spacial score (nSPS) is 14.3. The molecule has 2 aromatic carbocycles. The van der Waals surface area contributed by atoms with Crippen molar-refractivity contribution in [1.29, 1.82) is 0 Å². The van der Waals surface area contributed by atoms with Gasteiger partial charge in [-0.25, -0.2) is 9.97 Å². The topological polar surface area (TPSA) is 87.4 Å². The molecule has 164 valence electrons. The second-order valence-electron chi connectivity index (χ2n) is 7.57. The lowest BCUT2D eigenvalue weighted by molar-refractivity contribution is -0.383. The number of aromatic nitrogens is 2. The molecule has 8 nitrogen and oxygen atoms in total. The standard InChI is InChI=1S/C24H26N6O2/c1-2-13-25-23-22(30(31)32)24(27-18-26-23)29-16-14-28(15-17-29)21(19-9-5-3-6-10-19)20-11-7-4-8-12-20/h2-12,18,21H,1,13-17H2,(H,25,26,27). The van der Waals surface area contributed by atoms with Crippen LogP contribution in [0.3, 0.4) is 0 Å². The summed E-state index contributed by atoms with van der Waals surface area (Å²) >= 11 is 0. The number of nitrogens with zero attached hydrogens (tertiary/aromatic N) is 5. The lowest BCUT2D eigenvalue weighted by Gasteiger charge is -2.40. The Morgan fingerprint density at radius 1 is 1.00 bits per heavy atom. The lowest BCUT2D eigenvalue weighted by Crippen LogP contribution is -2.48.